The lowest BCUT2D eigenvalue weighted by molar-refractivity contribution is -0.142. The van der Waals surface area contributed by atoms with E-state index < -0.39 is 6.04 Å². The first-order chi connectivity index (χ1) is 14.8. The highest BCUT2D eigenvalue weighted by Gasteiger charge is 2.28. The molecule has 0 aliphatic rings. The van der Waals surface area contributed by atoms with Crippen LogP contribution >= 0.6 is 23.2 Å². The summed E-state index contributed by atoms with van der Waals surface area (Å²) in [4.78, 5) is 27.3. The van der Waals surface area contributed by atoms with Crippen molar-refractivity contribution in [3.05, 3.63) is 63.6 Å². The summed E-state index contributed by atoms with van der Waals surface area (Å²) in [7, 11) is 0. The highest BCUT2D eigenvalue weighted by atomic mass is 35.5. The summed E-state index contributed by atoms with van der Waals surface area (Å²) in [5.41, 5.74) is 1.78. The second-order valence-electron chi connectivity index (χ2n) is 7.50. The molecule has 0 radical (unpaired) electrons. The number of rotatable bonds is 10. The van der Waals surface area contributed by atoms with Gasteiger partial charge in [-0.05, 0) is 56.5 Å². The molecule has 0 spiro atoms. The molecule has 0 aliphatic carbocycles. The molecule has 2 rings (SSSR count). The van der Waals surface area contributed by atoms with Gasteiger partial charge >= 0.3 is 0 Å². The highest BCUT2D eigenvalue weighted by molar-refractivity contribution is 6.36. The third kappa shape index (κ3) is 7.15. The van der Waals surface area contributed by atoms with E-state index in [1.165, 1.54) is 10.5 Å². The molecular weight excluding hydrogens is 435 g/mol. The summed E-state index contributed by atoms with van der Waals surface area (Å²) in [5, 5.41) is 3.81. The van der Waals surface area contributed by atoms with Crippen molar-refractivity contribution in [1.82, 2.24) is 10.2 Å². The maximum Gasteiger partial charge on any atom is 0.261 e. The molecule has 31 heavy (non-hydrogen) atoms. The van der Waals surface area contributed by atoms with Crippen molar-refractivity contribution in [1.29, 1.82) is 0 Å². The van der Waals surface area contributed by atoms with Crippen molar-refractivity contribution < 1.29 is 14.3 Å². The van der Waals surface area contributed by atoms with Crippen LogP contribution in [0.15, 0.2) is 42.5 Å². The Labute approximate surface area is 194 Å². The number of carbonyl (C=O) groups excluding carboxylic acids is 2. The van der Waals surface area contributed by atoms with Gasteiger partial charge in [-0.25, -0.2) is 0 Å². The largest absolute Gasteiger partial charge is 0.484 e. The molecule has 5 nitrogen and oxygen atoms in total. The van der Waals surface area contributed by atoms with E-state index in [-0.39, 0.29) is 31.0 Å². The molecule has 7 heteroatoms. The molecule has 2 aromatic carbocycles. The third-order valence-electron chi connectivity index (χ3n) is 5.25. The highest BCUT2D eigenvalue weighted by Crippen LogP contribution is 2.26. The molecule has 2 amide bonds. The fourth-order valence-electron chi connectivity index (χ4n) is 2.95. The molecule has 0 bridgehead atoms. The molecule has 2 aromatic rings. The Balaban J connectivity index is 2.20. The van der Waals surface area contributed by atoms with Crippen LogP contribution in [0.5, 0.6) is 5.75 Å². The minimum atomic E-state index is -0.722. The standard InChI is InChI=1S/C24H30Cl2N2O3/c1-5-16(3)27-24(30)17(4)28(14-20-21(25)8-7-9-22(20)26)23(29)15-31-19-12-10-18(6-2)11-13-19/h7-13,16-17H,5-6,14-15H2,1-4H3,(H,27,30)/t16-,17-/m1/s1. The Morgan fingerprint density at radius 3 is 2.19 bits per heavy atom. The van der Waals surface area contributed by atoms with Crippen LogP contribution in [0.25, 0.3) is 0 Å². The zero-order valence-electron chi connectivity index (χ0n) is 18.5. The number of hydrogen-bond acceptors (Lipinski definition) is 3. The van der Waals surface area contributed by atoms with Gasteiger partial charge in [0.15, 0.2) is 6.61 Å². The van der Waals surface area contributed by atoms with Gasteiger partial charge in [-0.3, -0.25) is 9.59 Å². The van der Waals surface area contributed by atoms with Crippen LogP contribution in [-0.4, -0.2) is 35.4 Å². The first-order valence-corrected chi connectivity index (χ1v) is 11.3. The summed E-state index contributed by atoms with van der Waals surface area (Å²) >= 11 is 12.6. The molecule has 0 aromatic heterocycles. The van der Waals surface area contributed by atoms with Crippen LogP contribution in [0, 0.1) is 0 Å². The predicted molar refractivity (Wildman–Crippen MR) is 126 cm³/mol. The zero-order chi connectivity index (χ0) is 23.0. The van der Waals surface area contributed by atoms with Gasteiger partial charge in [0, 0.05) is 28.2 Å². The number of amides is 2. The third-order valence-corrected chi connectivity index (χ3v) is 5.96. The van der Waals surface area contributed by atoms with Crippen molar-refractivity contribution in [2.75, 3.05) is 6.61 Å². The molecule has 0 unspecified atom stereocenters. The van der Waals surface area contributed by atoms with Crippen LogP contribution < -0.4 is 10.1 Å². The Morgan fingerprint density at radius 1 is 1.03 bits per heavy atom. The van der Waals surface area contributed by atoms with Crippen LogP contribution in [0.2, 0.25) is 10.0 Å². The second kappa shape index (κ2) is 12.0. The van der Waals surface area contributed by atoms with Crippen LogP contribution in [0.1, 0.15) is 45.2 Å². The van der Waals surface area contributed by atoms with Gasteiger partial charge in [0.1, 0.15) is 11.8 Å². The first-order valence-electron chi connectivity index (χ1n) is 10.5. The normalized spacial score (nSPS) is 12.7. The quantitative estimate of drug-likeness (QED) is 0.520. The lowest BCUT2D eigenvalue weighted by Crippen LogP contribution is -2.50. The van der Waals surface area contributed by atoms with Gasteiger partial charge in [-0.1, -0.05) is 55.2 Å². The fourth-order valence-corrected chi connectivity index (χ4v) is 3.47. The average molecular weight is 465 g/mol. The van der Waals surface area contributed by atoms with Crippen molar-refractivity contribution in [3.8, 4) is 5.75 Å². The van der Waals surface area contributed by atoms with Crippen LogP contribution in [0.4, 0.5) is 0 Å². The Morgan fingerprint density at radius 2 is 1.65 bits per heavy atom. The van der Waals surface area contributed by atoms with Crippen molar-refractivity contribution >= 4 is 35.0 Å². The van der Waals surface area contributed by atoms with E-state index in [2.05, 4.69) is 12.2 Å². The Bertz CT molecular complexity index is 867. The van der Waals surface area contributed by atoms with Gasteiger partial charge in [-0.2, -0.15) is 0 Å². The topological polar surface area (TPSA) is 58.6 Å². The zero-order valence-corrected chi connectivity index (χ0v) is 20.0. The van der Waals surface area contributed by atoms with Crippen LogP contribution in [0.3, 0.4) is 0 Å². The van der Waals surface area contributed by atoms with Crippen molar-refractivity contribution in [2.24, 2.45) is 0 Å². The SMILES string of the molecule is CCc1ccc(OCC(=O)N(Cc2c(Cl)cccc2Cl)[C@H](C)C(=O)N[C@H](C)CC)cc1. The van der Waals surface area contributed by atoms with Crippen molar-refractivity contribution in [2.45, 2.75) is 59.2 Å². The molecule has 2 atom stereocenters. The van der Waals surface area contributed by atoms with Gasteiger partial charge in [-0.15, -0.1) is 0 Å². The molecule has 0 aliphatic heterocycles. The first kappa shape index (κ1) is 25.0. The Hall–Kier alpha value is -2.24. The molecule has 0 saturated carbocycles. The maximum atomic E-state index is 13.1. The number of hydrogen-bond donors (Lipinski definition) is 1. The molecule has 0 heterocycles. The molecular formula is C24H30Cl2N2O3. The van der Waals surface area contributed by atoms with Crippen LogP contribution in [-0.2, 0) is 22.6 Å². The second-order valence-corrected chi connectivity index (χ2v) is 8.32. The van der Waals surface area contributed by atoms with E-state index in [0.717, 1.165) is 12.8 Å². The monoisotopic (exact) mass is 464 g/mol. The fraction of sp³-hybridized carbons (Fsp3) is 0.417. The van der Waals surface area contributed by atoms with E-state index in [4.69, 9.17) is 27.9 Å². The summed E-state index contributed by atoms with van der Waals surface area (Å²) in [5.74, 6) is 0.0264. The van der Waals surface area contributed by atoms with E-state index >= 15 is 0 Å². The smallest absolute Gasteiger partial charge is 0.261 e. The van der Waals surface area contributed by atoms with Gasteiger partial charge in [0.25, 0.3) is 5.91 Å². The number of nitrogens with one attached hydrogen (secondary N) is 1. The van der Waals surface area contributed by atoms with Gasteiger partial charge in [0.05, 0.1) is 0 Å². The molecule has 168 valence electrons. The number of carbonyl (C=O) groups is 2. The summed E-state index contributed by atoms with van der Waals surface area (Å²) in [6, 6.07) is 12.0. The lowest BCUT2D eigenvalue weighted by atomic mass is 10.1. The van der Waals surface area contributed by atoms with Crippen molar-refractivity contribution in [3.63, 3.8) is 0 Å². The number of ether oxygens (including phenoxy) is 1. The summed E-state index contributed by atoms with van der Waals surface area (Å²) in [6.45, 7) is 7.57. The van der Waals surface area contributed by atoms with E-state index in [1.54, 1.807) is 25.1 Å². The minimum Gasteiger partial charge on any atom is -0.484 e. The van der Waals surface area contributed by atoms with E-state index in [0.29, 0.717) is 21.4 Å². The lowest BCUT2D eigenvalue weighted by Gasteiger charge is -2.30. The number of benzene rings is 2. The van der Waals surface area contributed by atoms with Gasteiger partial charge in [0.2, 0.25) is 5.91 Å². The Kier molecular flexibility index (Phi) is 9.66. The number of aryl methyl sites for hydroxylation is 1. The maximum absolute atomic E-state index is 13.1. The molecule has 1 N–H and O–H groups in total. The number of halogens is 2. The van der Waals surface area contributed by atoms with E-state index in [1.807, 2.05) is 38.1 Å². The molecule has 0 saturated heterocycles. The van der Waals surface area contributed by atoms with E-state index in [9.17, 15) is 9.59 Å². The van der Waals surface area contributed by atoms with Gasteiger partial charge < -0.3 is 15.0 Å². The summed E-state index contributed by atoms with van der Waals surface area (Å²) < 4.78 is 5.69. The number of nitrogens with zero attached hydrogens (tertiary/aromatic N) is 1. The average Bonchev–Trinajstić information content (AvgIpc) is 2.77. The predicted octanol–water partition coefficient (Wildman–Crippen LogP) is 5.27. The molecule has 0 fully saturated rings. The summed E-state index contributed by atoms with van der Waals surface area (Å²) in [6.07, 6.45) is 1.72. The minimum absolute atomic E-state index is 0.00383.